The predicted molar refractivity (Wildman–Crippen MR) is 83.4 cm³/mol. The second kappa shape index (κ2) is 6.58. The Morgan fingerprint density at radius 3 is 2.48 bits per heavy atom. The largest absolute Gasteiger partial charge is 0.485 e. The van der Waals surface area contributed by atoms with Crippen LogP contribution in [0.1, 0.15) is 10.4 Å². The lowest BCUT2D eigenvalue weighted by Crippen LogP contribution is -2.50. The van der Waals surface area contributed by atoms with Gasteiger partial charge in [0.2, 0.25) is 6.10 Å². The van der Waals surface area contributed by atoms with Crippen molar-refractivity contribution in [2.24, 2.45) is 0 Å². The molecular weight excluding hydrogens is 320 g/mol. The quantitative estimate of drug-likeness (QED) is 0.824. The molecule has 118 valence electrons. The number of nitrogens with one attached hydrogen (secondary N) is 2. The molecule has 1 aliphatic heterocycles. The average Bonchev–Trinajstić information content (AvgIpc) is 2.59. The summed E-state index contributed by atoms with van der Waals surface area (Å²) in [7, 11) is 0. The van der Waals surface area contributed by atoms with Crippen LogP contribution in [0.4, 0.5) is 0 Å². The van der Waals surface area contributed by atoms with E-state index in [0.29, 0.717) is 16.5 Å². The third-order valence-electron chi connectivity index (χ3n) is 3.22. The molecule has 3 rings (SSSR count). The maximum absolute atomic E-state index is 12.1. The molecule has 0 aromatic heterocycles. The van der Waals surface area contributed by atoms with Gasteiger partial charge in [0.25, 0.3) is 11.8 Å². The van der Waals surface area contributed by atoms with E-state index in [-0.39, 0.29) is 12.2 Å². The summed E-state index contributed by atoms with van der Waals surface area (Å²) in [6.45, 7) is 0.0603. The Labute approximate surface area is 137 Å². The number of hydrazine groups is 1. The summed E-state index contributed by atoms with van der Waals surface area (Å²) in [4.78, 5) is 24.0. The summed E-state index contributed by atoms with van der Waals surface area (Å²) in [6, 6.07) is 13.6. The summed E-state index contributed by atoms with van der Waals surface area (Å²) in [5.74, 6) is 0.0361. The molecule has 0 bridgehead atoms. The number of hydrogen-bond donors (Lipinski definition) is 2. The number of halogens is 1. The van der Waals surface area contributed by atoms with Crippen LogP contribution >= 0.6 is 11.6 Å². The van der Waals surface area contributed by atoms with Gasteiger partial charge in [0.05, 0.1) is 10.6 Å². The Kier molecular flexibility index (Phi) is 4.34. The fourth-order valence-corrected chi connectivity index (χ4v) is 2.28. The highest BCUT2D eigenvalue weighted by Gasteiger charge is 2.27. The number of amides is 2. The van der Waals surface area contributed by atoms with Crippen molar-refractivity contribution in [1.82, 2.24) is 10.9 Å². The third-order valence-corrected chi connectivity index (χ3v) is 3.55. The minimum absolute atomic E-state index is 0.0603. The molecule has 0 radical (unpaired) electrons. The smallest absolute Gasteiger partial charge is 0.283 e. The highest BCUT2D eigenvalue weighted by Crippen LogP contribution is 2.30. The summed E-state index contributed by atoms with van der Waals surface area (Å²) < 4.78 is 11.0. The molecular formula is C16H13ClN2O4. The Balaban J connectivity index is 1.58. The van der Waals surface area contributed by atoms with Gasteiger partial charge in [0.1, 0.15) is 6.61 Å². The van der Waals surface area contributed by atoms with Crippen LogP contribution in [0, 0.1) is 0 Å². The first-order valence-electron chi connectivity index (χ1n) is 6.88. The van der Waals surface area contributed by atoms with Crippen LogP contribution in [0.15, 0.2) is 48.5 Å². The fraction of sp³-hybridized carbons (Fsp3) is 0.125. The number of para-hydroxylation sites is 2. The third kappa shape index (κ3) is 3.37. The van der Waals surface area contributed by atoms with Crippen molar-refractivity contribution in [3.63, 3.8) is 0 Å². The minimum atomic E-state index is -0.851. The predicted octanol–water partition coefficient (Wildman–Crippen LogP) is 1.94. The normalized spacial score (nSPS) is 15.6. The molecule has 1 heterocycles. The van der Waals surface area contributed by atoms with E-state index in [1.54, 1.807) is 42.5 Å². The molecule has 2 amide bonds. The average molecular weight is 333 g/mol. The summed E-state index contributed by atoms with van der Waals surface area (Å²) in [5.41, 5.74) is 4.87. The standard InChI is InChI=1S/C16H13ClN2O4/c17-11-6-2-1-5-10(11)15(20)18-19-16(21)14-9-22-12-7-3-4-8-13(12)23-14/h1-8,14H,9H2,(H,18,20)(H,19,21)/t14-/m1/s1. The number of hydrogen-bond acceptors (Lipinski definition) is 4. The number of ether oxygens (including phenoxy) is 2. The lowest BCUT2D eigenvalue weighted by molar-refractivity contribution is -0.131. The van der Waals surface area contributed by atoms with E-state index in [1.165, 1.54) is 0 Å². The zero-order chi connectivity index (χ0) is 16.2. The van der Waals surface area contributed by atoms with Gasteiger partial charge < -0.3 is 9.47 Å². The molecule has 2 aromatic rings. The van der Waals surface area contributed by atoms with Crippen LogP contribution in [0.5, 0.6) is 11.5 Å². The van der Waals surface area contributed by atoms with Crippen LogP contribution in [0.2, 0.25) is 5.02 Å². The molecule has 0 aliphatic carbocycles. The number of carbonyl (C=O) groups excluding carboxylic acids is 2. The molecule has 2 N–H and O–H groups in total. The van der Waals surface area contributed by atoms with Gasteiger partial charge in [-0.25, -0.2) is 0 Å². The fourth-order valence-electron chi connectivity index (χ4n) is 2.06. The summed E-state index contributed by atoms with van der Waals surface area (Å²) >= 11 is 5.92. The van der Waals surface area contributed by atoms with E-state index in [1.807, 2.05) is 6.07 Å². The Bertz CT molecular complexity index is 750. The monoisotopic (exact) mass is 332 g/mol. The summed E-state index contributed by atoms with van der Waals surface area (Å²) in [5, 5.41) is 0.297. The van der Waals surface area contributed by atoms with Gasteiger partial charge in [0, 0.05) is 0 Å². The highest BCUT2D eigenvalue weighted by molar-refractivity contribution is 6.33. The molecule has 23 heavy (non-hydrogen) atoms. The first kappa shape index (κ1) is 15.2. The van der Waals surface area contributed by atoms with Crippen molar-refractivity contribution in [2.75, 3.05) is 6.61 Å². The van der Waals surface area contributed by atoms with E-state index in [0.717, 1.165) is 0 Å². The van der Waals surface area contributed by atoms with E-state index in [4.69, 9.17) is 21.1 Å². The second-order valence-electron chi connectivity index (χ2n) is 4.79. The molecule has 6 nitrogen and oxygen atoms in total. The van der Waals surface area contributed by atoms with E-state index < -0.39 is 17.9 Å². The van der Waals surface area contributed by atoms with E-state index in [2.05, 4.69) is 10.9 Å². The van der Waals surface area contributed by atoms with Gasteiger partial charge >= 0.3 is 0 Å². The van der Waals surface area contributed by atoms with Crippen LogP contribution in [0.3, 0.4) is 0 Å². The molecule has 0 spiro atoms. The van der Waals surface area contributed by atoms with Crippen molar-refractivity contribution in [3.05, 3.63) is 59.1 Å². The maximum atomic E-state index is 12.1. The zero-order valence-electron chi connectivity index (χ0n) is 11.9. The molecule has 2 aromatic carbocycles. The van der Waals surface area contributed by atoms with Gasteiger partial charge in [0.15, 0.2) is 11.5 Å². The van der Waals surface area contributed by atoms with Crippen molar-refractivity contribution < 1.29 is 19.1 Å². The van der Waals surface area contributed by atoms with Crippen LogP contribution in [0.25, 0.3) is 0 Å². The molecule has 0 fully saturated rings. The Morgan fingerprint density at radius 2 is 1.70 bits per heavy atom. The topological polar surface area (TPSA) is 76.7 Å². The van der Waals surface area contributed by atoms with Crippen molar-refractivity contribution in [3.8, 4) is 11.5 Å². The van der Waals surface area contributed by atoms with Crippen LogP contribution in [-0.2, 0) is 4.79 Å². The Hall–Kier alpha value is -2.73. The second-order valence-corrected chi connectivity index (χ2v) is 5.19. The molecule has 0 saturated carbocycles. The number of benzene rings is 2. The number of carbonyl (C=O) groups is 2. The zero-order valence-corrected chi connectivity index (χ0v) is 12.7. The van der Waals surface area contributed by atoms with Crippen molar-refractivity contribution >= 4 is 23.4 Å². The van der Waals surface area contributed by atoms with Crippen LogP contribution < -0.4 is 20.3 Å². The molecule has 0 saturated heterocycles. The molecule has 1 atom stereocenters. The minimum Gasteiger partial charge on any atom is -0.485 e. The van der Waals surface area contributed by atoms with Gasteiger partial charge in [-0.3, -0.25) is 20.4 Å². The van der Waals surface area contributed by atoms with Gasteiger partial charge in [-0.05, 0) is 24.3 Å². The number of fused-ring (bicyclic) bond motifs is 1. The SMILES string of the molecule is O=C(NNC(=O)[C@H]1COc2ccccc2O1)c1ccccc1Cl. The van der Waals surface area contributed by atoms with E-state index in [9.17, 15) is 9.59 Å². The molecule has 7 heteroatoms. The van der Waals surface area contributed by atoms with Crippen molar-refractivity contribution in [2.45, 2.75) is 6.10 Å². The van der Waals surface area contributed by atoms with Gasteiger partial charge in [-0.15, -0.1) is 0 Å². The highest BCUT2D eigenvalue weighted by atomic mass is 35.5. The Morgan fingerprint density at radius 1 is 1.00 bits per heavy atom. The lowest BCUT2D eigenvalue weighted by Gasteiger charge is -2.25. The van der Waals surface area contributed by atoms with Gasteiger partial charge in [-0.1, -0.05) is 35.9 Å². The first-order valence-corrected chi connectivity index (χ1v) is 7.26. The van der Waals surface area contributed by atoms with Gasteiger partial charge in [-0.2, -0.15) is 0 Å². The maximum Gasteiger partial charge on any atom is 0.283 e. The molecule has 0 unspecified atom stereocenters. The van der Waals surface area contributed by atoms with E-state index >= 15 is 0 Å². The van der Waals surface area contributed by atoms with Crippen LogP contribution in [-0.4, -0.2) is 24.5 Å². The molecule has 1 aliphatic rings. The summed E-state index contributed by atoms with van der Waals surface area (Å²) in [6.07, 6.45) is -0.851. The number of rotatable bonds is 2. The van der Waals surface area contributed by atoms with Crippen molar-refractivity contribution in [1.29, 1.82) is 0 Å². The first-order chi connectivity index (χ1) is 11.1. The lowest BCUT2D eigenvalue weighted by atomic mass is 10.2.